The van der Waals surface area contributed by atoms with E-state index in [-0.39, 0.29) is 12.4 Å². The minimum Gasteiger partial charge on any atom is -0.505 e. The quantitative estimate of drug-likeness (QED) is 0.830. The van der Waals surface area contributed by atoms with Crippen LogP contribution in [-0.2, 0) is 6.61 Å². The first kappa shape index (κ1) is 15.2. The first-order valence-electron chi connectivity index (χ1n) is 6.96. The smallest absolute Gasteiger partial charge is 0.145 e. The molecule has 1 heterocycles. The molecule has 2 N–H and O–H groups in total. The number of aromatic hydroxyl groups is 1. The summed E-state index contributed by atoms with van der Waals surface area (Å²) < 4.78 is 0. The van der Waals surface area contributed by atoms with Crippen LogP contribution in [0.15, 0.2) is 41.5 Å². The molecule has 0 unspecified atom stereocenters. The third-order valence-corrected chi connectivity index (χ3v) is 3.50. The lowest BCUT2D eigenvalue weighted by Crippen LogP contribution is -2.01. The Morgan fingerprint density at radius 1 is 1.29 bits per heavy atom. The number of aryl methyl sites for hydroxylation is 1. The third-order valence-electron chi connectivity index (χ3n) is 3.50. The van der Waals surface area contributed by atoms with Gasteiger partial charge in [-0.15, -0.1) is 0 Å². The van der Waals surface area contributed by atoms with Gasteiger partial charge < -0.3 is 10.2 Å². The van der Waals surface area contributed by atoms with Gasteiger partial charge in [-0.25, -0.2) is 0 Å². The van der Waals surface area contributed by atoms with E-state index in [0.717, 1.165) is 0 Å². The van der Waals surface area contributed by atoms with Crippen LogP contribution in [0.4, 0.5) is 0 Å². The van der Waals surface area contributed by atoms with Gasteiger partial charge in [0.1, 0.15) is 5.75 Å². The molecule has 0 spiro atoms. The second-order valence-corrected chi connectivity index (χ2v) is 5.10. The Morgan fingerprint density at radius 2 is 2.00 bits per heavy atom. The fraction of sp³-hybridized carbons (Fsp3) is 0.294. The zero-order chi connectivity index (χ0) is 15.2. The fourth-order valence-corrected chi connectivity index (χ4v) is 2.11. The molecule has 1 atom stereocenters. The van der Waals surface area contributed by atoms with Crippen LogP contribution < -0.4 is 0 Å². The number of nitrogens with zero attached hydrogens (tertiary/aromatic N) is 2. The van der Waals surface area contributed by atoms with Crippen molar-refractivity contribution in [3.8, 4) is 5.75 Å². The van der Waals surface area contributed by atoms with E-state index in [2.05, 4.69) is 29.0 Å². The van der Waals surface area contributed by atoms with Crippen LogP contribution in [0.2, 0.25) is 0 Å². The molecule has 0 amide bonds. The summed E-state index contributed by atoms with van der Waals surface area (Å²) in [5, 5.41) is 19.3. The second kappa shape index (κ2) is 6.99. The number of aliphatic hydroxyl groups is 1. The summed E-state index contributed by atoms with van der Waals surface area (Å²) in [5.41, 5.74) is 2.89. The molecular weight excluding hydrogens is 264 g/mol. The first-order chi connectivity index (χ1) is 10.1. The molecule has 21 heavy (non-hydrogen) atoms. The molecule has 1 aromatic carbocycles. The average Bonchev–Trinajstić information content (AvgIpc) is 2.52. The Bertz CT molecular complexity index is 624. The van der Waals surface area contributed by atoms with Crippen molar-refractivity contribution in [2.75, 3.05) is 6.54 Å². The summed E-state index contributed by atoms with van der Waals surface area (Å²) in [6, 6.07) is 10.2. The Kier molecular flexibility index (Phi) is 5.06. The van der Waals surface area contributed by atoms with E-state index < -0.39 is 0 Å². The lowest BCUT2D eigenvalue weighted by Gasteiger charge is -2.09. The summed E-state index contributed by atoms with van der Waals surface area (Å²) in [5.74, 6) is 0.378. The molecule has 2 rings (SSSR count). The number of benzene rings is 1. The van der Waals surface area contributed by atoms with Crippen molar-refractivity contribution in [3.63, 3.8) is 0 Å². The Labute approximate surface area is 124 Å². The molecule has 0 fully saturated rings. The number of hydrogen-bond acceptors (Lipinski definition) is 4. The van der Waals surface area contributed by atoms with Crippen LogP contribution in [-0.4, -0.2) is 28.0 Å². The van der Waals surface area contributed by atoms with Gasteiger partial charge in [0.25, 0.3) is 0 Å². The highest BCUT2D eigenvalue weighted by molar-refractivity contribution is 5.85. The Morgan fingerprint density at radius 3 is 2.67 bits per heavy atom. The Balaban J connectivity index is 2.13. The standard InChI is InChI=1S/C17H20N2O2/c1-12(14-6-4-3-5-7-14)8-18-10-16-15(11-20)9-19-13(2)17(16)21/h3-7,9-10,12,20-21H,8,11H2,1-2H3/t12-/m0/s1. The summed E-state index contributed by atoms with van der Waals surface area (Å²) >= 11 is 0. The fourth-order valence-electron chi connectivity index (χ4n) is 2.11. The molecule has 0 bridgehead atoms. The molecule has 110 valence electrons. The highest BCUT2D eigenvalue weighted by Gasteiger charge is 2.09. The lowest BCUT2D eigenvalue weighted by atomic mass is 10.0. The molecule has 0 radical (unpaired) electrons. The van der Waals surface area contributed by atoms with Crippen LogP contribution >= 0.6 is 0 Å². The van der Waals surface area contributed by atoms with Crippen molar-refractivity contribution >= 4 is 6.21 Å². The van der Waals surface area contributed by atoms with Crippen molar-refractivity contribution in [1.29, 1.82) is 0 Å². The van der Waals surface area contributed by atoms with E-state index in [1.807, 2.05) is 18.2 Å². The van der Waals surface area contributed by atoms with Crippen molar-refractivity contribution in [1.82, 2.24) is 4.98 Å². The summed E-state index contributed by atoms with van der Waals surface area (Å²) in [6.07, 6.45) is 3.19. The highest BCUT2D eigenvalue weighted by atomic mass is 16.3. The zero-order valence-corrected chi connectivity index (χ0v) is 12.3. The van der Waals surface area contributed by atoms with Crippen LogP contribution in [0.3, 0.4) is 0 Å². The molecule has 2 aromatic rings. The van der Waals surface area contributed by atoms with Gasteiger partial charge in [0, 0.05) is 36.0 Å². The maximum atomic E-state index is 10.0. The molecule has 1 aromatic heterocycles. The first-order valence-corrected chi connectivity index (χ1v) is 6.96. The number of aliphatic hydroxyl groups excluding tert-OH is 1. The van der Waals surface area contributed by atoms with E-state index >= 15 is 0 Å². The van der Waals surface area contributed by atoms with Crippen LogP contribution in [0, 0.1) is 6.92 Å². The number of hydrogen-bond donors (Lipinski definition) is 2. The number of pyridine rings is 1. The number of aliphatic imine (C=N–C) groups is 1. The molecule has 0 aliphatic carbocycles. The van der Waals surface area contributed by atoms with Gasteiger partial charge in [0.05, 0.1) is 12.3 Å². The van der Waals surface area contributed by atoms with E-state index in [4.69, 9.17) is 0 Å². The van der Waals surface area contributed by atoms with Crippen LogP contribution in [0.5, 0.6) is 5.75 Å². The van der Waals surface area contributed by atoms with E-state index in [9.17, 15) is 10.2 Å². The summed E-state index contributed by atoms with van der Waals surface area (Å²) in [6.45, 7) is 4.28. The van der Waals surface area contributed by atoms with Crippen molar-refractivity contribution in [2.24, 2.45) is 4.99 Å². The molecule has 4 nitrogen and oxygen atoms in total. The maximum Gasteiger partial charge on any atom is 0.145 e. The molecule has 0 saturated heterocycles. The minimum absolute atomic E-state index is 0.0812. The molecular formula is C17H20N2O2. The van der Waals surface area contributed by atoms with Crippen LogP contribution in [0.25, 0.3) is 0 Å². The molecule has 0 saturated carbocycles. The number of rotatable bonds is 5. The predicted octanol–water partition coefficient (Wildman–Crippen LogP) is 2.81. The molecule has 0 aliphatic rings. The van der Waals surface area contributed by atoms with Crippen molar-refractivity contribution in [2.45, 2.75) is 26.4 Å². The lowest BCUT2D eigenvalue weighted by molar-refractivity contribution is 0.280. The maximum absolute atomic E-state index is 10.0. The van der Waals surface area contributed by atoms with E-state index in [1.165, 1.54) is 5.56 Å². The Hall–Kier alpha value is -2.20. The summed E-state index contributed by atoms with van der Waals surface area (Å²) in [7, 11) is 0. The van der Waals surface area contributed by atoms with Gasteiger partial charge in [0.15, 0.2) is 0 Å². The van der Waals surface area contributed by atoms with Gasteiger partial charge in [0.2, 0.25) is 0 Å². The van der Waals surface area contributed by atoms with Gasteiger partial charge >= 0.3 is 0 Å². The predicted molar refractivity (Wildman–Crippen MR) is 83.9 cm³/mol. The average molecular weight is 284 g/mol. The van der Waals surface area contributed by atoms with Crippen LogP contribution in [0.1, 0.15) is 35.2 Å². The van der Waals surface area contributed by atoms with Crippen molar-refractivity contribution < 1.29 is 10.2 Å². The van der Waals surface area contributed by atoms with Gasteiger partial charge in [-0.2, -0.15) is 0 Å². The van der Waals surface area contributed by atoms with E-state index in [0.29, 0.717) is 29.3 Å². The SMILES string of the molecule is Cc1ncc(CO)c(C=NC[C@H](C)c2ccccc2)c1O. The van der Waals surface area contributed by atoms with Gasteiger partial charge in [-0.1, -0.05) is 37.3 Å². The normalized spacial score (nSPS) is 12.7. The van der Waals surface area contributed by atoms with E-state index in [1.54, 1.807) is 19.3 Å². The topological polar surface area (TPSA) is 65.7 Å². The van der Waals surface area contributed by atoms with Gasteiger partial charge in [-0.3, -0.25) is 9.98 Å². The highest BCUT2D eigenvalue weighted by Crippen LogP contribution is 2.22. The van der Waals surface area contributed by atoms with Crippen molar-refractivity contribution in [3.05, 3.63) is 58.9 Å². The summed E-state index contributed by atoms with van der Waals surface area (Å²) in [4.78, 5) is 8.43. The largest absolute Gasteiger partial charge is 0.505 e. The molecule has 4 heteroatoms. The second-order valence-electron chi connectivity index (χ2n) is 5.10. The number of aromatic nitrogens is 1. The monoisotopic (exact) mass is 284 g/mol. The third kappa shape index (κ3) is 3.67. The van der Waals surface area contributed by atoms with Gasteiger partial charge in [-0.05, 0) is 12.5 Å². The molecule has 0 aliphatic heterocycles. The zero-order valence-electron chi connectivity index (χ0n) is 12.3. The minimum atomic E-state index is -0.170.